The van der Waals surface area contributed by atoms with Crippen molar-refractivity contribution >= 4 is 5.97 Å². The Balaban J connectivity index is 3.24. The van der Waals surface area contributed by atoms with E-state index in [-0.39, 0.29) is 28.5 Å². The molecule has 0 bridgehead atoms. The van der Waals surface area contributed by atoms with Gasteiger partial charge in [0, 0.05) is 0 Å². The van der Waals surface area contributed by atoms with Crippen molar-refractivity contribution < 1.29 is 14.6 Å². The first-order valence-electron chi connectivity index (χ1n) is 10.3. The van der Waals surface area contributed by atoms with Gasteiger partial charge in [0.05, 0.1) is 12.5 Å². The molecule has 0 aromatic heterocycles. The summed E-state index contributed by atoms with van der Waals surface area (Å²) in [6.45, 7) is 15.4. The van der Waals surface area contributed by atoms with Crippen molar-refractivity contribution in [1.82, 2.24) is 0 Å². The molecule has 1 N–H and O–H groups in total. The van der Waals surface area contributed by atoms with Gasteiger partial charge in [0.2, 0.25) is 0 Å². The number of phenols is 1. The second-order valence-electron chi connectivity index (χ2n) is 9.53. The van der Waals surface area contributed by atoms with Crippen LogP contribution in [0.1, 0.15) is 92.1 Å². The monoisotopic (exact) mass is 376 g/mol. The van der Waals surface area contributed by atoms with Crippen LogP contribution in [0.15, 0.2) is 24.3 Å². The Kier molecular flexibility index (Phi) is 7.95. The Bertz CT molecular complexity index is 605. The maximum Gasteiger partial charge on any atom is 0.312 e. The lowest BCUT2D eigenvalue weighted by atomic mass is 9.55. The largest absolute Gasteiger partial charge is 0.508 e. The van der Waals surface area contributed by atoms with Gasteiger partial charge in [0.15, 0.2) is 0 Å². The summed E-state index contributed by atoms with van der Waals surface area (Å²) in [6, 6.07) is 7.43. The van der Waals surface area contributed by atoms with Crippen molar-refractivity contribution in [3.8, 4) is 5.75 Å². The average molecular weight is 377 g/mol. The lowest BCUT2D eigenvalue weighted by molar-refractivity contribution is -0.165. The quantitative estimate of drug-likeness (QED) is 0.462. The summed E-state index contributed by atoms with van der Waals surface area (Å²) in [4.78, 5) is 13.0. The van der Waals surface area contributed by atoms with E-state index in [0.29, 0.717) is 0 Å². The van der Waals surface area contributed by atoms with Crippen LogP contribution in [0.3, 0.4) is 0 Å². The highest BCUT2D eigenvalue weighted by Gasteiger charge is 2.52. The highest BCUT2D eigenvalue weighted by Crippen LogP contribution is 2.54. The summed E-state index contributed by atoms with van der Waals surface area (Å²) in [7, 11) is 1.51. The third-order valence-corrected chi connectivity index (χ3v) is 6.73. The standard InChI is InChI=1S/C24H40O3/c1-9-15-22(4,5)17-24(7,21(26)27-8)23(6,10-2)16-18(3)19-11-13-20(25)14-12-19/h11-14,18,25H,9-10,15-17H2,1-8H3. The first-order valence-corrected chi connectivity index (χ1v) is 10.3. The molecule has 154 valence electrons. The van der Waals surface area contributed by atoms with Crippen molar-refractivity contribution in [3.63, 3.8) is 0 Å². The molecule has 1 aromatic carbocycles. The molecule has 0 radical (unpaired) electrons. The maximum absolute atomic E-state index is 13.0. The van der Waals surface area contributed by atoms with Gasteiger partial charge in [-0.2, -0.15) is 0 Å². The molecule has 3 atom stereocenters. The highest BCUT2D eigenvalue weighted by molar-refractivity contribution is 5.77. The van der Waals surface area contributed by atoms with Crippen LogP contribution in [0.5, 0.6) is 5.75 Å². The zero-order valence-electron chi connectivity index (χ0n) is 18.7. The minimum absolute atomic E-state index is 0.0793. The first kappa shape index (κ1) is 23.5. The van der Waals surface area contributed by atoms with Gasteiger partial charge in [0.25, 0.3) is 0 Å². The number of phenolic OH excluding ortho intramolecular Hbond substituents is 1. The second kappa shape index (κ2) is 9.12. The number of benzene rings is 1. The topological polar surface area (TPSA) is 46.5 Å². The molecule has 0 aliphatic carbocycles. The molecule has 0 fully saturated rings. The molecule has 0 amide bonds. The van der Waals surface area contributed by atoms with Crippen LogP contribution in [0.2, 0.25) is 0 Å². The second-order valence-corrected chi connectivity index (χ2v) is 9.53. The van der Waals surface area contributed by atoms with Crippen LogP contribution in [-0.2, 0) is 9.53 Å². The molecule has 1 aromatic rings. The molecule has 3 heteroatoms. The van der Waals surface area contributed by atoms with Gasteiger partial charge in [-0.3, -0.25) is 4.79 Å². The van der Waals surface area contributed by atoms with E-state index in [1.807, 2.05) is 12.1 Å². The van der Waals surface area contributed by atoms with E-state index >= 15 is 0 Å². The predicted molar refractivity (Wildman–Crippen MR) is 113 cm³/mol. The smallest absolute Gasteiger partial charge is 0.312 e. The first-order chi connectivity index (χ1) is 12.4. The van der Waals surface area contributed by atoms with Gasteiger partial charge in [-0.25, -0.2) is 0 Å². The zero-order chi connectivity index (χ0) is 20.9. The van der Waals surface area contributed by atoms with Crippen LogP contribution < -0.4 is 0 Å². The number of hydrogen-bond donors (Lipinski definition) is 1. The molecule has 0 aliphatic rings. The fourth-order valence-electron chi connectivity index (χ4n) is 4.84. The van der Waals surface area contributed by atoms with Crippen molar-refractivity contribution in [2.24, 2.45) is 16.2 Å². The third kappa shape index (κ3) is 5.49. The van der Waals surface area contributed by atoms with Crippen LogP contribution in [0.4, 0.5) is 0 Å². The maximum atomic E-state index is 13.0. The fraction of sp³-hybridized carbons (Fsp3) is 0.708. The summed E-state index contributed by atoms with van der Waals surface area (Å²) in [5.41, 5.74) is 0.520. The summed E-state index contributed by atoms with van der Waals surface area (Å²) in [6.07, 6.45) is 4.81. The van der Waals surface area contributed by atoms with E-state index in [9.17, 15) is 9.90 Å². The summed E-state index contributed by atoms with van der Waals surface area (Å²) >= 11 is 0. The van der Waals surface area contributed by atoms with Crippen molar-refractivity contribution in [3.05, 3.63) is 29.8 Å². The number of rotatable bonds is 10. The number of hydrogen-bond acceptors (Lipinski definition) is 3. The van der Waals surface area contributed by atoms with E-state index in [4.69, 9.17) is 4.74 Å². The van der Waals surface area contributed by atoms with Gasteiger partial charge in [-0.05, 0) is 67.1 Å². The number of methoxy groups -OCH3 is 1. The number of aromatic hydroxyl groups is 1. The van der Waals surface area contributed by atoms with Gasteiger partial charge in [-0.15, -0.1) is 0 Å². The van der Waals surface area contributed by atoms with Crippen LogP contribution in [-0.4, -0.2) is 18.2 Å². The molecular formula is C24H40O3. The zero-order valence-corrected chi connectivity index (χ0v) is 18.7. The summed E-state index contributed by atoms with van der Waals surface area (Å²) in [5.74, 6) is 0.465. The SMILES string of the molecule is CCCC(C)(C)CC(C)(C(=O)OC)C(C)(CC)CC(C)c1ccc(O)cc1. The van der Waals surface area contributed by atoms with Crippen LogP contribution >= 0.6 is 0 Å². The van der Waals surface area contributed by atoms with E-state index < -0.39 is 5.41 Å². The molecule has 1 rings (SSSR count). The van der Waals surface area contributed by atoms with E-state index in [1.165, 1.54) is 12.7 Å². The lowest BCUT2D eigenvalue weighted by Gasteiger charge is -2.49. The van der Waals surface area contributed by atoms with Crippen molar-refractivity contribution in [2.45, 2.75) is 86.5 Å². The van der Waals surface area contributed by atoms with E-state index in [0.717, 1.165) is 32.1 Å². The van der Waals surface area contributed by atoms with E-state index in [1.54, 1.807) is 12.1 Å². The number of carbonyl (C=O) groups excluding carboxylic acids is 1. The number of carbonyl (C=O) groups is 1. The Morgan fingerprint density at radius 2 is 1.67 bits per heavy atom. The molecule has 0 aliphatic heterocycles. The van der Waals surface area contributed by atoms with E-state index in [2.05, 4.69) is 48.5 Å². The normalized spacial score (nSPS) is 17.6. The number of esters is 1. The molecule has 0 saturated carbocycles. The van der Waals surface area contributed by atoms with Gasteiger partial charge >= 0.3 is 5.97 Å². The Morgan fingerprint density at radius 3 is 2.11 bits per heavy atom. The highest BCUT2D eigenvalue weighted by atomic mass is 16.5. The fourth-order valence-corrected chi connectivity index (χ4v) is 4.84. The molecule has 0 spiro atoms. The van der Waals surface area contributed by atoms with Gasteiger partial charge in [-0.1, -0.05) is 60.1 Å². The minimum Gasteiger partial charge on any atom is -0.508 e. The van der Waals surface area contributed by atoms with Crippen LogP contribution in [0.25, 0.3) is 0 Å². The Labute approximate surface area is 166 Å². The Morgan fingerprint density at radius 1 is 1.11 bits per heavy atom. The summed E-state index contributed by atoms with van der Waals surface area (Å²) < 4.78 is 5.32. The minimum atomic E-state index is -0.555. The van der Waals surface area contributed by atoms with Crippen molar-refractivity contribution in [2.75, 3.05) is 7.11 Å². The molecule has 27 heavy (non-hydrogen) atoms. The van der Waals surface area contributed by atoms with Crippen LogP contribution in [0, 0.1) is 16.2 Å². The molecule has 0 heterocycles. The summed E-state index contributed by atoms with van der Waals surface area (Å²) in [5, 5.41) is 9.57. The average Bonchev–Trinajstić information content (AvgIpc) is 2.60. The van der Waals surface area contributed by atoms with Gasteiger partial charge < -0.3 is 9.84 Å². The third-order valence-electron chi connectivity index (χ3n) is 6.73. The lowest BCUT2D eigenvalue weighted by Crippen LogP contribution is -2.47. The molecular weight excluding hydrogens is 336 g/mol. The molecule has 3 unspecified atom stereocenters. The van der Waals surface area contributed by atoms with Gasteiger partial charge in [0.1, 0.15) is 5.75 Å². The molecule has 3 nitrogen and oxygen atoms in total. The predicted octanol–water partition coefficient (Wildman–Crippen LogP) is 6.70. The number of ether oxygens (including phenoxy) is 1. The Hall–Kier alpha value is -1.51. The molecule has 0 saturated heterocycles. The van der Waals surface area contributed by atoms with Crippen molar-refractivity contribution in [1.29, 1.82) is 0 Å².